The molecule has 1 heterocycles. The standard InChI is InChI=1S/C60H43FN2Si/c61-48-31-37-51(38-32-48)63-59-24-14-13-23-57(59)58-43-52(39-42-60(58)63)62(49-33-25-45(26-34-49)44-15-5-1-6-16-44)50-35-27-46(28-36-50)47-29-40-56(41-30-47)64(53-17-7-2-8-18-53,54-19-9-3-10-20-54)55-21-11-4-12-22-55/h1-43H. The summed E-state index contributed by atoms with van der Waals surface area (Å²) in [6.45, 7) is 0. The van der Waals surface area contributed by atoms with Crippen LogP contribution in [-0.2, 0) is 0 Å². The van der Waals surface area contributed by atoms with Crippen LogP contribution >= 0.6 is 0 Å². The van der Waals surface area contributed by atoms with Crippen molar-refractivity contribution in [2.45, 2.75) is 0 Å². The Bertz CT molecular complexity index is 3240. The Morgan fingerprint density at radius 1 is 0.312 bits per heavy atom. The Labute approximate surface area is 374 Å². The van der Waals surface area contributed by atoms with Gasteiger partial charge in [0.2, 0.25) is 0 Å². The van der Waals surface area contributed by atoms with Crippen molar-refractivity contribution in [1.29, 1.82) is 0 Å². The van der Waals surface area contributed by atoms with Gasteiger partial charge in [-0.2, -0.15) is 0 Å². The summed E-state index contributed by atoms with van der Waals surface area (Å²) in [6.07, 6.45) is 0. The van der Waals surface area contributed by atoms with Crippen LogP contribution in [0.5, 0.6) is 0 Å². The zero-order valence-corrected chi connectivity index (χ0v) is 36.1. The van der Waals surface area contributed by atoms with E-state index in [9.17, 15) is 4.39 Å². The molecular weight excluding hydrogens is 796 g/mol. The number of benzene rings is 10. The largest absolute Gasteiger partial charge is 0.310 e. The second-order valence-corrected chi connectivity index (χ2v) is 20.1. The van der Waals surface area contributed by atoms with E-state index < -0.39 is 8.07 Å². The Balaban J connectivity index is 1.00. The van der Waals surface area contributed by atoms with E-state index in [0.717, 1.165) is 50.1 Å². The van der Waals surface area contributed by atoms with Crippen molar-refractivity contribution in [2.75, 3.05) is 4.90 Å². The molecule has 64 heavy (non-hydrogen) atoms. The summed E-state index contributed by atoms with van der Waals surface area (Å²) in [5, 5.41) is 7.69. The Kier molecular flexibility index (Phi) is 10.1. The van der Waals surface area contributed by atoms with E-state index in [1.807, 2.05) is 12.1 Å². The van der Waals surface area contributed by atoms with Crippen molar-refractivity contribution in [2.24, 2.45) is 0 Å². The van der Waals surface area contributed by atoms with Gasteiger partial charge in [-0.1, -0.05) is 188 Å². The Morgan fingerprint density at radius 2 is 0.703 bits per heavy atom. The molecule has 11 rings (SSSR count). The summed E-state index contributed by atoms with van der Waals surface area (Å²) in [4.78, 5) is 2.34. The van der Waals surface area contributed by atoms with E-state index in [0.29, 0.717) is 0 Å². The summed E-state index contributed by atoms with van der Waals surface area (Å²) in [6, 6.07) is 92.7. The van der Waals surface area contributed by atoms with Gasteiger partial charge in [0.05, 0.1) is 11.0 Å². The first-order chi connectivity index (χ1) is 31.6. The number of hydrogen-bond donors (Lipinski definition) is 0. The van der Waals surface area contributed by atoms with Crippen LogP contribution in [-0.4, -0.2) is 12.6 Å². The van der Waals surface area contributed by atoms with Gasteiger partial charge in [0.1, 0.15) is 5.82 Å². The first-order valence-corrected chi connectivity index (χ1v) is 23.8. The first kappa shape index (κ1) is 38.8. The minimum absolute atomic E-state index is 0.248. The summed E-state index contributed by atoms with van der Waals surface area (Å²) in [5.41, 5.74) is 10.9. The molecule has 0 radical (unpaired) electrons. The number of aromatic nitrogens is 1. The number of nitrogens with zero attached hydrogens (tertiary/aromatic N) is 2. The molecule has 1 aromatic heterocycles. The number of anilines is 3. The fourth-order valence-electron chi connectivity index (χ4n) is 9.63. The van der Waals surface area contributed by atoms with Crippen LogP contribution in [0.25, 0.3) is 49.7 Å². The molecule has 0 unspecified atom stereocenters. The highest BCUT2D eigenvalue weighted by atomic mass is 28.3. The highest BCUT2D eigenvalue weighted by molar-refractivity contribution is 7.19. The average Bonchev–Trinajstić information content (AvgIpc) is 3.70. The number of halogens is 1. The van der Waals surface area contributed by atoms with Crippen LogP contribution in [0.1, 0.15) is 0 Å². The van der Waals surface area contributed by atoms with Crippen molar-refractivity contribution < 1.29 is 4.39 Å². The van der Waals surface area contributed by atoms with Gasteiger partial charge in [-0.05, 0) is 116 Å². The van der Waals surface area contributed by atoms with E-state index in [1.165, 1.54) is 49.6 Å². The maximum atomic E-state index is 14.1. The molecule has 0 fully saturated rings. The minimum Gasteiger partial charge on any atom is -0.310 e. The predicted molar refractivity (Wildman–Crippen MR) is 270 cm³/mol. The van der Waals surface area contributed by atoms with Crippen molar-refractivity contribution in [3.05, 3.63) is 267 Å². The molecule has 0 atom stereocenters. The smallest absolute Gasteiger partial charge is 0.179 e. The Hall–Kier alpha value is -8.05. The molecule has 0 bridgehead atoms. The molecule has 0 aliphatic carbocycles. The molecule has 2 nitrogen and oxygen atoms in total. The lowest BCUT2D eigenvalue weighted by molar-refractivity contribution is 0.627. The van der Waals surface area contributed by atoms with E-state index >= 15 is 0 Å². The van der Waals surface area contributed by atoms with Gasteiger partial charge in [0, 0.05) is 33.5 Å². The molecule has 10 aromatic carbocycles. The molecule has 0 saturated carbocycles. The van der Waals surface area contributed by atoms with Crippen LogP contribution in [0.4, 0.5) is 21.5 Å². The molecular formula is C60H43FN2Si. The molecule has 11 aromatic rings. The first-order valence-electron chi connectivity index (χ1n) is 21.8. The lowest BCUT2D eigenvalue weighted by atomic mass is 10.0. The molecule has 0 N–H and O–H groups in total. The van der Waals surface area contributed by atoms with Gasteiger partial charge < -0.3 is 9.47 Å². The fraction of sp³-hybridized carbons (Fsp3) is 0. The highest BCUT2D eigenvalue weighted by Gasteiger charge is 2.41. The van der Waals surface area contributed by atoms with Crippen LogP contribution in [0.2, 0.25) is 0 Å². The summed E-state index contributed by atoms with van der Waals surface area (Å²) in [5.74, 6) is -0.248. The van der Waals surface area contributed by atoms with Gasteiger partial charge >= 0.3 is 0 Å². The van der Waals surface area contributed by atoms with Gasteiger partial charge in [-0.15, -0.1) is 0 Å². The zero-order valence-electron chi connectivity index (χ0n) is 35.1. The minimum atomic E-state index is -2.63. The van der Waals surface area contributed by atoms with Gasteiger partial charge in [0.15, 0.2) is 8.07 Å². The van der Waals surface area contributed by atoms with Crippen LogP contribution in [0, 0.1) is 5.82 Å². The maximum absolute atomic E-state index is 14.1. The van der Waals surface area contributed by atoms with E-state index in [4.69, 9.17) is 0 Å². The van der Waals surface area contributed by atoms with Crippen molar-refractivity contribution in [3.63, 3.8) is 0 Å². The van der Waals surface area contributed by atoms with E-state index in [-0.39, 0.29) is 5.82 Å². The summed E-state index contributed by atoms with van der Waals surface area (Å²) < 4.78 is 16.3. The quantitative estimate of drug-likeness (QED) is 0.0984. The summed E-state index contributed by atoms with van der Waals surface area (Å²) in [7, 11) is -2.63. The molecule has 0 aliphatic rings. The number of fused-ring (bicyclic) bond motifs is 3. The molecule has 0 spiro atoms. The maximum Gasteiger partial charge on any atom is 0.179 e. The topological polar surface area (TPSA) is 8.17 Å². The Morgan fingerprint density at radius 3 is 1.22 bits per heavy atom. The molecule has 4 heteroatoms. The van der Waals surface area contributed by atoms with Crippen molar-refractivity contribution >= 4 is 67.7 Å². The van der Waals surface area contributed by atoms with Crippen LogP contribution < -0.4 is 25.6 Å². The monoisotopic (exact) mass is 838 g/mol. The lowest BCUT2D eigenvalue weighted by Gasteiger charge is -2.34. The van der Waals surface area contributed by atoms with E-state index in [1.54, 1.807) is 0 Å². The molecule has 304 valence electrons. The third-order valence-electron chi connectivity index (χ3n) is 12.6. The number of para-hydroxylation sites is 1. The molecule has 0 amide bonds. The van der Waals surface area contributed by atoms with Crippen molar-refractivity contribution in [3.8, 4) is 27.9 Å². The third kappa shape index (κ3) is 6.91. The SMILES string of the molecule is Fc1ccc(-n2c3ccccc3c3cc(N(c4ccc(-c5ccccc5)cc4)c4ccc(-c5ccc([Si](c6ccccc6)(c6ccccc6)c6ccccc6)cc5)cc4)ccc32)cc1. The zero-order chi connectivity index (χ0) is 42.9. The van der Waals surface area contributed by atoms with Gasteiger partial charge in [-0.3, -0.25) is 0 Å². The summed E-state index contributed by atoms with van der Waals surface area (Å²) >= 11 is 0. The average molecular weight is 839 g/mol. The predicted octanol–water partition coefficient (Wildman–Crippen LogP) is 13.1. The second-order valence-electron chi connectivity index (χ2n) is 16.3. The number of hydrogen-bond acceptors (Lipinski definition) is 1. The highest BCUT2D eigenvalue weighted by Crippen LogP contribution is 2.41. The van der Waals surface area contributed by atoms with Gasteiger partial charge in [0.25, 0.3) is 0 Å². The second kappa shape index (κ2) is 16.7. The van der Waals surface area contributed by atoms with Gasteiger partial charge in [-0.25, -0.2) is 4.39 Å². The number of rotatable bonds is 10. The fourth-order valence-corrected chi connectivity index (χ4v) is 14.4. The van der Waals surface area contributed by atoms with Crippen LogP contribution in [0.3, 0.4) is 0 Å². The molecule has 0 aliphatic heterocycles. The third-order valence-corrected chi connectivity index (χ3v) is 17.4. The normalized spacial score (nSPS) is 11.5. The lowest BCUT2D eigenvalue weighted by Crippen LogP contribution is -2.74. The van der Waals surface area contributed by atoms with Crippen LogP contribution in [0.15, 0.2) is 261 Å². The van der Waals surface area contributed by atoms with E-state index in [2.05, 4.69) is 246 Å². The van der Waals surface area contributed by atoms with Crippen molar-refractivity contribution in [1.82, 2.24) is 4.57 Å². The molecule has 0 saturated heterocycles.